The molecule has 2 N–H and O–H groups in total. The summed E-state index contributed by atoms with van der Waals surface area (Å²) < 4.78 is 21.1. The summed E-state index contributed by atoms with van der Waals surface area (Å²) in [5, 5.41) is 11.9. The first-order valence-electron chi connectivity index (χ1n) is 13.3. The number of aromatic nitrogens is 6. The van der Waals surface area contributed by atoms with Crippen LogP contribution in [0.1, 0.15) is 11.3 Å². The lowest BCUT2D eigenvalue weighted by atomic mass is 10.0. The SMILES string of the molecule is COc1cc2c(cc1Nc1ncc(C)c(Nc3ccc4nccnc4c3P(C)(C)=O)n1)-c1cnn(C)c1CCN2C. The lowest BCUT2D eigenvalue weighted by Crippen LogP contribution is -2.20. The van der Waals surface area contributed by atoms with E-state index in [1.54, 1.807) is 39.0 Å². The lowest BCUT2D eigenvalue weighted by Gasteiger charge is -2.22. The zero-order valence-corrected chi connectivity index (χ0v) is 24.8. The molecule has 12 heteroatoms. The van der Waals surface area contributed by atoms with E-state index >= 15 is 0 Å². The van der Waals surface area contributed by atoms with Crippen LogP contribution in [0.2, 0.25) is 0 Å². The third-order valence-electron chi connectivity index (χ3n) is 7.39. The van der Waals surface area contributed by atoms with Crippen LogP contribution in [0.15, 0.2) is 49.1 Å². The van der Waals surface area contributed by atoms with Crippen molar-refractivity contribution < 1.29 is 9.30 Å². The molecule has 41 heavy (non-hydrogen) atoms. The summed E-state index contributed by atoms with van der Waals surface area (Å²) in [6, 6.07) is 7.84. The molecular weight excluding hydrogens is 537 g/mol. The lowest BCUT2D eigenvalue weighted by molar-refractivity contribution is 0.417. The van der Waals surface area contributed by atoms with Crippen LogP contribution in [0, 0.1) is 6.92 Å². The predicted octanol–water partition coefficient (Wildman–Crippen LogP) is 4.86. The Bertz CT molecular complexity index is 1850. The molecule has 0 fully saturated rings. The van der Waals surface area contributed by atoms with Gasteiger partial charge in [0.25, 0.3) is 0 Å². The molecule has 0 aliphatic carbocycles. The molecular formula is C29H32N9O2P. The molecule has 1 aliphatic rings. The molecule has 2 aromatic carbocycles. The van der Waals surface area contributed by atoms with Gasteiger partial charge < -0.3 is 24.8 Å². The summed E-state index contributed by atoms with van der Waals surface area (Å²) in [5.41, 5.74) is 7.96. The standard InChI is InChI=1S/C29H32N9O2P/c1-17-15-32-29(36-28(17)34-21-8-7-20-26(31-11-10-30-20)27(21)41(5,6)39)35-22-13-18-19-16-33-38(3)23(19)9-12-37(2)24(18)14-25(22)40-4/h7-8,10-11,13-16H,9,12H2,1-6H3,(H2,32,34,35,36). The molecule has 0 bridgehead atoms. The maximum atomic E-state index is 13.4. The highest BCUT2D eigenvalue weighted by Crippen LogP contribution is 2.43. The quantitative estimate of drug-likeness (QED) is 0.274. The molecule has 0 unspecified atom stereocenters. The minimum absolute atomic E-state index is 0.392. The molecule has 0 spiro atoms. The monoisotopic (exact) mass is 569 g/mol. The first-order valence-corrected chi connectivity index (χ1v) is 15.9. The summed E-state index contributed by atoms with van der Waals surface area (Å²) in [6.45, 7) is 6.26. The zero-order chi connectivity index (χ0) is 28.9. The van der Waals surface area contributed by atoms with Gasteiger partial charge in [-0.05, 0) is 38.5 Å². The average molecular weight is 570 g/mol. The van der Waals surface area contributed by atoms with Gasteiger partial charge in [0.15, 0.2) is 0 Å². The molecule has 3 aromatic heterocycles. The molecule has 5 aromatic rings. The van der Waals surface area contributed by atoms with Gasteiger partial charge in [0.2, 0.25) is 5.95 Å². The summed E-state index contributed by atoms with van der Waals surface area (Å²) in [6.07, 6.45) is 7.80. The first-order chi connectivity index (χ1) is 19.6. The van der Waals surface area contributed by atoms with Gasteiger partial charge in [-0.3, -0.25) is 14.6 Å². The van der Waals surface area contributed by atoms with Crippen LogP contribution in [0.25, 0.3) is 22.2 Å². The highest BCUT2D eigenvalue weighted by molar-refractivity contribution is 7.71. The predicted molar refractivity (Wildman–Crippen MR) is 164 cm³/mol. The Balaban J connectivity index is 1.40. The second-order valence-corrected chi connectivity index (χ2v) is 13.7. The Morgan fingerprint density at radius 2 is 1.78 bits per heavy atom. The normalized spacial score (nSPS) is 13.0. The van der Waals surface area contributed by atoms with E-state index in [-0.39, 0.29) is 0 Å². The largest absolute Gasteiger partial charge is 0.494 e. The average Bonchev–Trinajstić information content (AvgIpc) is 3.25. The number of ether oxygens (including phenoxy) is 1. The van der Waals surface area contributed by atoms with E-state index in [9.17, 15) is 4.57 Å². The van der Waals surface area contributed by atoms with E-state index in [1.807, 2.05) is 43.0 Å². The maximum Gasteiger partial charge on any atom is 0.229 e. The van der Waals surface area contributed by atoms with Gasteiger partial charge in [-0.15, -0.1) is 0 Å². The number of nitrogens with zero attached hydrogens (tertiary/aromatic N) is 7. The Kier molecular flexibility index (Phi) is 6.62. The van der Waals surface area contributed by atoms with Crippen LogP contribution in [0.3, 0.4) is 0 Å². The van der Waals surface area contributed by atoms with E-state index < -0.39 is 7.14 Å². The van der Waals surface area contributed by atoms with Crippen molar-refractivity contribution in [2.24, 2.45) is 7.05 Å². The molecule has 0 atom stereocenters. The van der Waals surface area contributed by atoms with Crippen LogP contribution in [-0.2, 0) is 18.0 Å². The molecule has 210 valence electrons. The van der Waals surface area contributed by atoms with Crippen molar-refractivity contribution in [2.45, 2.75) is 13.3 Å². The number of benzene rings is 2. The summed E-state index contributed by atoms with van der Waals surface area (Å²) in [7, 11) is 2.99. The second kappa shape index (κ2) is 10.2. The Hall–Kier alpha value is -4.50. The molecule has 4 heterocycles. The number of hydrogen-bond donors (Lipinski definition) is 2. The molecule has 0 saturated heterocycles. The van der Waals surface area contributed by atoms with Gasteiger partial charge in [0.05, 0.1) is 35.5 Å². The minimum atomic E-state index is -2.73. The van der Waals surface area contributed by atoms with Crippen molar-refractivity contribution >= 4 is 52.3 Å². The summed E-state index contributed by atoms with van der Waals surface area (Å²) in [5.74, 6) is 1.65. The minimum Gasteiger partial charge on any atom is -0.494 e. The molecule has 11 nitrogen and oxygen atoms in total. The first kappa shape index (κ1) is 26.7. The number of rotatable bonds is 6. The van der Waals surface area contributed by atoms with Gasteiger partial charge in [-0.25, -0.2) is 4.98 Å². The zero-order valence-electron chi connectivity index (χ0n) is 23.9. The van der Waals surface area contributed by atoms with E-state index in [1.165, 1.54) is 5.69 Å². The van der Waals surface area contributed by atoms with Gasteiger partial charge in [-0.2, -0.15) is 10.1 Å². The number of methoxy groups -OCH3 is 1. The number of likely N-dealkylation sites (N-methyl/N-ethyl adjacent to an activating group) is 1. The fourth-order valence-electron chi connectivity index (χ4n) is 5.29. The maximum absolute atomic E-state index is 13.4. The Morgan fingerprint density at radius 3 is 2.56 bits per heavy atom. The fraction of sp³-hybridized carbons (Fsp3) is 0.276. The molecule has 1 aliphatic heterocycles. The topological polar surface area (TPSA) is 123 Å². The molecule has 0 amide bonds. The van der Waals surface area contributed by atoms with Crippen molar-refractivity contribution in [1.82, 2.24) is 29.7 Å². The molecule has 0 radical (unpaired) electrons. The van der Waals surface area contributed by atoms with E-state index in [0.717, 1.165) is 41.0 Å². The summed E-state index contributed by atoms with van der Waals surface area (Å²) >= 11 is 0. The third-order valence-corrected chi connectivity index (χ3v) is 8.92. The number of nitrogens with one attached hydrogen (secondary N) is 2. The highest BCUT2D eigenvalue weighted by Gasteiger charge is 2.24. The number of hydrogen-bond acceptors (Lipinski definition) is 10. The van der Waals surface area contributed by atoms with Gasteiger partial charge >= 0.3 is 0 Å². The van der Waals surface area contributed by atoms with Crippen molar-refractivity contribution in [1.29, 1.82) is 0 Å². The van der Waals surface area contributed by atoms with Gasteiger partial charge in [0, 0.05) is 79.8 Å². The van der Waals surface area contributed by atoms with Crippen LogP contribution >= 0.6 is 7.14 Å². The van der Waals surface area contributed by atoms with Crippen molar-refractivity contribution in [3.8, 4) is 16.9 Å². The Labute approximate surface area is 238 Å². The number of aryl methyl sites for hydroxylation is 2. The van der Waals surface area contributed by atoms with Crippen LogP contribution in [-0.4, -0.2) is 63.7 Å². The Morgan fingerprint density at radius 1 is 0.976 bits per heavy atom. The highest BCUT2D eigenvalue weighted by atomic mass is 31.2. The van der Waals surface area contributed by atoms with Gasteiger partial charge in [-0.1, -0.05) is 0 Å². The van der Waals surface area contributed by atoms with Crippen molar-refractivity contribution in [3.05, 3.63) is 60.3 Å². The van der Waals surface area contributed by atoms with Crippen molar-refractivity contribution in [2.75, 3.05) is 49.6 Å². The molecule has 0 saturated carbocycles. The van der Waals surface area contributed by atoms with Crippen LogP contribution < -0.4 is 25.6 Å². The van der Waals surface area contributed by atoms with E-state index in [4.69, 9.17) is 9.72 Å². The molecule has 6 rings (SSSR count). The third kappa shape index (κ3) is 4.86. The van der Waals surface area contributed by atoms with Crippen LogP contribution in [0.5, 0.6) is 5.75 Å². The summed E-state index contributed by atoms with van der Waals surface area (Å²) in [4.78, 5) is 20.4. The van der Waals surface area contributed by atoms with E-state index in [0.29, 0.717) is 39.5 Å². The van der Waals surface area contributed by atoms with E-state index in [2.05, 4.69) is 48.7 Å². The van der Waals surface area contributed by atoms with Gasteiger partial charge in [0.1, 0.15) is 24.2 Å². The fourth-order valence-corrected chi connectivity index (χ4v) is 6.68. The number of anilines is 5. The van der Waals surface area contributed by atoms with Crippen molar-refractivity contribution in [3.63, 3.8) is 0 Å². The second-order valence-electron chi connectivity index (χ2n) is 10.6. The smallest absolute Gasteiger partial charge is 0.229 e. The van der Waals surface area contributed by atoms with Crippen LogP contribution in [0.4, 0.5) is 28.8 Å². The number of fused-ring (bicyclic) bond motifs is 4.